The number of benzene rings is 1. The molecular formula is C19H23ClN2O4. The Balaban J connectivity index is 1.74. The van der Waals surface area contributed by atoms with Crippen LogP contribution < -0.4 is 0 Å². The minimum Gasteiger partial charge on any atom is -0.444 e. The van der Waals surface area contributed by atoms with E-state index in [1.165, 1.54) is 6.26 Å². The quantitative estimate of drug-likeness (QED) is 0.801. The molecule has 1 aliphatic heterocycles. The Bertz CT molecular complexity index is 755. The second-order valence-electron chi connectivity index (χ2n) is 7.23. The second-order valence-corrected chi connectivity index (χ2v) is 7.64. The third-order valence-electron chi connectivity index (χ3n) is 3.98. The van der Waals surface area contributed by atoms with Crippen LogP contribution in [0.3, 0.4) is 0 Å². The Morgan fingerprint density at radius 3 is 2.92 bits per heavy atom. The number of rotatable bonds is 3. The van der Waals surface area contributed by atoms with E-state index in [1.54, 1.807) is 17.2 Å². The van der Waals surface area contributed by atoms with Crippen LogP contribution in [0.15, 0.2) is 35.1 Å². The number of amides is 1. The summed E-state index contributed by atoms with van der Waals surface area (Å²) < 4.78 is 16.7. The average Bonchev–Trinajstić information content (AvgIpc) is 3.08. The zero-order chi connectivity index (χ0) is 18.7. The highest BCUT2D eigenvalue weighted by molar-refractivity contribution is 6.33. The smallest absolute Gasteiger partial charge is 0.410 e. The Labute approximate surface area is 158 Å². The van der Waals surface area contributed by atoms with E-state index in [1.807, 2.05) is 32.9 Å². The summed E-state index contributed by atoms with van der Waals surface area (Å²) in [5, 5.41) is 0.574. The SMILES string of the molecule is CC(C)(C)OC(=O)N1CCOC(Cc2cccc(Cl)c2-c2ncco2)C1. The fourth-order valence-corrected chi connectivity index (χ4v) is 3.18. The summed E-state index contributed by atoms with van der Waals surface area (Å²) in [6.45, 7) is 7.03. The highest BCUT2D eigenvalue weighted by atomic mass is 35.5. The van der Waals surface area contributed by atoms with Crippen molar-refractivity contribution in [3.63, 3.8) is 0 Å². The molecule has 0 radical (unpaired) electrons. The molecule has 2 aromatic rings. The largest absolute Gasteiger partial charge is 0.444 e. The molecule has 6 nitrogen and oxygen atoms in total. The van der Waals surface area contributed by atoms with Gasteiger partial charge >= 0.3 is 6.09 Å². The lowest BCUT2D eigenvalue weighted by Crippen LogP contribution is -2.48. The molecule has 2 heterocycles. The van der Waals surface area contributed by atoms with Crippen LogP contribution in [0.25, 0.3) is 11.5 Å². The van der Waals surface area contributed by atoms with Crippen molar-refractivity contribution in [3.8, 4) is 11.5 Å². The first-order valence-electron chi connectivity index (χ1n) is 8.60. The van der Waals surface area contributed by atoms with Crippen molar-refractivity contribution in [1.82, 2.24) is 9.88 Å². The molecular weight excluding hydrogens is 356 g/mol. The predicted octanol–water partition coefficient (Wildman–Crippen LogP) is 4.17. The van der Waals surface area contributed by atoms with Gasteiger partial charge in [-0.3, -0.25) is 0 Å². The third kappa shape index (κ3) is 4.56. The van der Waals surface area contributed by atoms with E-state index >= 15 is 0 Å². The molecule has 1 aliphatic rings. The predicted molar refractivity (Wildman–Crippen MR) is 98.2 cm³/mol. The Kier molecular flexibility index (Phi) is 5.53. The molecule has 3 rings (SSSR count). The third-order valence-corrected chi connectivity index (χ3v) is 4.30. The van der Waals surface area contributed by atoms with E-state index in [2.05, 4.69) is 4.98 Å². The monoisotopic (exact) mass is 378 g/mol. The first-order chi connectivity index (χ1) is 12.3. The number of nitrogens with zero attached hydrogens (tertiary/aromatic N) is 2. The fraction of sp³-hybridized carbons (Fsp3) is 0.474. The minimum atomic E-state index is -0.518. The van der Waals surface area contributed by atoms with Crippen LogP contribution in [0.4, 0.5) is 4.79 Å². The van der Waals surface area contributed by atoms with Gasteiger partial charge in [0.05, 0.1) is 36.0 Å². The molecule has 1 fully saturated rings. The van der Waals surface area contributed by atoms with Gasteiger partial charge in [0.2, 0.25) is 5.89 Å². The van der Waals surface area contributed by atoms with Gasteiger partial charge in [0.15, 0.2) is 0 Å². The van der Waals surface area contributed by atoms with E-state index in [0.29, 0.717) is 37.0 Å². The summed E-state index contributed by atoms with van der Waals surface area (Å²) in [5.74, 6) is 0.477. The maximum Gasteiger partial charge on any atom is 0.410 e. The number of halogens is 1. The van der Waals surface area contributed by atoms with Gasteiger partial charge in [0.25, 0.3) is 0 Å². The standard InChI is InChI=1S/C19H23ClN2O4/c1-19(2,3)26-18(23)22-8-10-24-14(12-22)11-13-5-4-6-15(20)16(13)17-21-7-9-25-17/h4-7,9,14H,8,10-12H2,1-3H3. The van der Waals surface area contributed by atoms with Crippen molar-refractivity contribution in [2.75, 3.05) is 19.7 Å². The van der Waals surface area contributed by atoms with Crippen molar-refractivity contribution in [3.05, 3.63) is 41.2 Å². The first-order valence-corrected chi connectivity index (χ1v) is 8.98. The van der Waals surface area contributed by atoms with E-state index in [9.17, 15) is 4.79 Å². The van der Waals surface area contributed by atoms with E-state index < -0.39 is 5.60 Å². The number of oxazole rings is 1. The Morgan fingerprint density at radius 2 is 2.23 bits per heavy atom. The maximum absolute atomic E-state index is 12.3. The zero-order valence-electron chi connectivity index (χ0n) is 15.2. The van der Waals surface area contributed by atoms with E-state index in [-0.39, 0.29) is 12.2 Å². The number of hydrogen-bond acceptors (Lipinski definition) is 5. The summed E-state index contributed by atoms with van der Waals surface area (Å²) in [6.07, 6.45) is 3.23. The van der Waals surface area contributed by atoms with Crippen LogP contribution in [-0.2, 0) is 15.9 Å². The number of morpholine rings is 1. The Hall–Kier alpha value is -2.05. The molecule has 26 heavy (non-hydrogen) atoms. The summed E-state index contributed by atoms with van der Waals surface area (Å²) in [4.78, 5) is 18.2. The molecule has 0 N–H and O–H groups in total. The molecule has 1 amide bonds. The van der Waals surface area contributed by atoms with Gasteiger partial charge in [-0.15, -0.1) is 0 Å². The van der Waals surface area contributed by atoms with E-state index in [4.69, 9.17) is 25.5 Å². The maximum atomic E-state index is 12.3. The number of carbonyl (C=O) groups excluding carboxylic acids is 1. The molecule has 0 saturated carbocycles. The van der Waals surface area contributed by atoms with Gasteiger partial charge in [-0.25, -0.2) is 9.78 Å². The molecule has 1 saturated heterocycles. The summed E-state index contributed by atoms with van der Waals surface area (Å²) in [7, 11) is 0. The van der Waals surface area contributed by atoms with Crippen LogP contribution in [0, 0.1) is 0 Å². The van der Waals surface area contributed by atoms with Crippen LogP contribution in [0.1, 0.15) is 26.3 Å². The van der Waals surface area contributed by atoms with Gasteiger partial charge in [0.1, 0.15) is 11.9 Å². The van der Waals surface area contributed by atoms with Crippen molar-refractivity contribution in [2.24, 2.45) is 0 Å². The lowest BCUT2D eigenvalue weighted by atomic mass is 10.0. The molecule has 140 valence electrons. The van der Waals surface area contributed by atoms with Crippen molar-refractivity contribution < 1.29 is 18.7 Å². The fourth-order valence-electron chi connectivity index (χ4n) is 2.91. The number of hydrogen-bond donors (Lipinski definition) is 0. The van der Waals surface area contributed by atoms with Crippen LogP contribution in [-0.4, -0.2) is 47.4 Å². The molecule has 0 aliphatic carbocycles. The van der Waals surface area contributed by atoms with Gasteiger partial charge < -0.3 is 18.8 Å². The molecule has 1 atom stereocenters. The van der Waals surface area contributed by atoms with Crippen molar-refractivity contribution in [2.45, 2.75) is 38.9 Å². The van der Waals surface area contributed by atoms with Crippen LogP contribution in [0.5, 0.6) is 0 Å². The van der Waals surface area contributed by atoms with Gasteiger partial charge in [-0.1, -0.05) is 23.7 Å². The lowest BCUT2D eigenvalue weighted by Gasteiger charge is -2.34. The van der Waals surface area contributed by atoms with Crippen molar-refractivity contribution in [1.29, 1.82) is 0 Å². The van der Waals surface area contributed by atoms with E-state index in [0.717, 1.165) is 11.1 Å². The second kappa shape index (κ2) is 7.68. The van der Waals surface area contributed by atoms with Crippen LogP contribution in [0.2, 0.25) is 5.02 Å². The summed E-state index contributed by atoms with van der Waals surface area (Å²) >= 11 is 6.36. The minimum absolute atomic E-state index is 0.150. The first kappa shape index (κ1) is 18.7. The number of aromatic nitrogens is 1. The topological polar surface area (TPSA) is 64.8 Å². The van der Waals surface area contributed by atoms with Gasteiger partial charge in [-0.05, 0) is 32.4 Å². The van der Waals surface area contributed by atoms with Crippen LogP contribution >= 0.6 is 11.6 Å². The molecule has 0 bridgehead atoms. The number of ether oxygens (including phenoxy) is 2. The summed E-state index contributed by atoms with van der Waals surface area (Å²) in [5.41, 5.74) is 1.21. The molecule has 1 aromatic carbocycles. The lowest BCUT2D eigenvalue weighted by molar-refractivity contribution is -0.0414. The molecule has 1 unspecified atom stereocenters. The zero-order valence-corrected chi connectivity index (χ0v) is 16.0. The Morgan fingerprint density at radius 1 is 1.42 bits per heavy atom. The van der Waals surface area contributed by atoms with Gasteiger partial charge in [-0.2, -0.15) is 0 Å². The van der Waals surface area contributed by atoms with Crippen molar-refractivity contribution >= 4 is 17.7 Å². The average molecular weight is 379 g/mol. The normalized spacial score (nSPS) is 18.0. The molecule has 7 heteroatoms. The molecule has 1 aromatic heterocycles. The highest BCUT2D eigenvalue weighted by Gasteiger charge is 2.29. The number of carbonyl (C=O) groups is 1. The van der Waals surface area contributed by atoms with Gasteiger partial charge in [0, 0.05) is 13.0 Å². The molecule has 0 spiro atoms. The summed E-state index contributed by atoms with van der Waals surface area (Å²) in [6, 6.07) is 5.67. The highest BCUT2D eigenvalue weighted by Crippen LogP contribution is 2.31.